The molecule has 0 spiro atoms. The van der Waals surface area contributed by atoms with Crippen LogP contribution in [-0.2, 0) is 14.8 Å². The van der Waals surface area contributed by atoms with Crippen LogP contribution in [0, 0.1) is 0 Å². The fraction of sp³-hybridized carbons (Fsp3) is 0.278. The number of aromatic nitrogens is 1. The van der Waals surface area contributed by atoms with Crippen LogP contribution < -0.4 is 20.1 Å². The van der Waals surface area contributed by atoms with Gasteiger partial charge in [-0.15, -0.1) is 0 Å². The molecular formula is C18H22N4O5S. The predicted octanol–water partition coefficient (Wildman–Crippen LogP) is 1.15. The Morgan fingerprint density at radius 1 is 1.11 bits per heavy atom. The van der Waals surface area contributed by atoms with E-state index >= 15 is 0 Å². The van der Waals surface area contributed by atoms with Gasteiger partial charge in [0.05, 0.1) is 30.4 Å². The summed E-state index contributed by atoms with van der Waals surface area (Å²) >= 11 is 0. The minimum absolute atomic E-state index is 0.0579. The van der Waals surface area contributed by atoms with Crippen LogP contribution in [0.3, 0.4) is 0 Å². The van der Waals surface area contributed by atoms with Gasteiger partial charge in [-0.25, -0.2) is 18.1 Å². The topological polar surface area (TPSA) is 126 Å². The molecule has 1 aromatic heterocycles. The van der Waals surface area contributed by atoms with Crippen molar-refractivity contribution in [2.75, 3.05) is 19.0 Å². The van der Waals surface area contributed by atoms with E-state index < -0.39 is 21.8 Å². The van der Waals surface area contributed by atoms with Gasteiger partial charge in [-0.3, -0.25) is 9.59 Å². The number of methoxy groups -OCH3 is 1. The molecule has 0 aliphatic carbocycles. The van der Waals surface area contributed by atoms with E-state index in [-0.39, 0.29) is 23.0 Å². The second-order valence-corrected chi connectivity index (χ2v) is 7.83. The highest BCUT2D eigenvalue weighted by atomic mass is 32.2. The maximum absolute atomic E-state index is 12.1. The van der Waals surface area contributed by atoms with Crippen LogP contribution in [0.1, 0.15) is 24.2 Å². The standard InChI is InChI=1S/C18H22N4O5S/c1-12(2)22-28(25,26)15-7-4-13(5-8-15)18(24)20-11-16(23)21-14-6-9-17(27-3)19-10-14/h4-10,12,22H,11H2,1-3H3,(H,20,24)(H,21,23). The van der Waals surface area contributed by atoms with E-state index in [9.17, 15) is 18.0 Å². The first-order chi connectivity index (χ1) is 13.2. The number of nitrogens with zero attached hydrogens (tertiary/aromatic N) is 1. The van der Waals surface area contributed by atoms with Gasteiger partial charge < -0.3 is 15.4 Å². The van der Waals surface area contributed by atoms with E-state index in [1.54, 1.807) is 26.0 Å². The number of carbonyl (C=O) groups excluding carboxylic acids is 2. The molecule has 0 unspecified atom stereocenters. The van der Waals surface area contributed by atoms with Crippen LogP contribution in [0.5, 0.6) is 5.88 Å². The molecule has 0 saturated heterocycles. The summed E-state index contributed by atoms with van der Waals surface area (Å²) in [7, 11) is -2.14. The molecule has 0 radical (unpaired) electrons. The van der Waals surface area contributed by atoms with Gasteiger partial charge in [0, 0.05) is 17.7 Å². The number of hydrogen-bond acceptors (Lipinski definition) is 6. The average Bonchev–Trinajstić information content (AvgIpc) is 2.66. The summed E-state index contributed by atoms with van der Waals surface area (Å²) < 4.78 is 31.5. The van der Waals surface area contributed by atoms with Crippen LogP contribution >= 0.6 is 0 Å². The average molecular weight is 406 g/mol. The largest absolute Gasteiger partial charge is 0.481 e. The lowest BCUT2D eigenvalue weighted by Crippen LogP contribution is -2.33. The fourth-order valence-electron chi connectivity index (χ4n) is 2.21. The summed E-state index contributed by atoms with van der Waals surface area (Å²) in [5, 5.41) is 5.06. The van der Waals surface area contributed by atoms with Gasteiger partial charge in [-0.2, -0.15) is 0 Å². The van der Waals surface area contributed by atoms with E-state index in [1.165, 1.54) is 37.6 Å². The van der Waals surface area contributed by atoms with Crippen molar-refractivity contribution in [2.24, 2.45) is 0 Å². The number of nitrogens with one attached hydrogen (secondary N) is 3. The second kappa shape index (κ2) is 9.29. The molecule has 28 heavy (non-hydrogen) atoms. The Morgan fingerprint density at radius 3 is 2.32 bits per heavy atom. The van der Waals surface area contributed by atoms with Crippen LogP contribution in [0.15, 0.2) is 47.5 Å². The Bertz CT molecular complexity index is 925. The third-order valence-electron chi connectivity index (χ3n) is 3.46. The Labute approximate surface area is 163 Å². The molecule has 9 nitrogen and oxygen atoms in total. The maximum Gasteiger partial charge on any atom is 0.251 e. The van der Waals surface area contributed by atoms with E-state index in [2.05, 4.69) is 20.3 Å². The molecule has 3 N–H and O–H groups in total. The normalized spacial score (nSPS) is 11.1. The van der Waals surface area contributed by atoms with Crippen molar-refractivity contribution in [1.29, 1.82) is 0 Å². The maximum atomic E-state index is 12.1. The lowest BCUT2D eigenvalue weighted by atomic mass is 10.2. The number of hydrogen-bond donors (Lipinski definition) is 3. The molecule has 0 atom stereocenters. The summed E-state index contributed by atoms with van der Waals surface area (Å²) in [4.78, 5) is 28.1. The number of pyridine rings is 1. The van der Waals surface area contributed by atoms with Gasteiger partial charge in [-0.05, 0) is 44.2 Å². The molecule has 0 saturated carbocycles. The van der Waals surface area contributed by atoms with Gasteiger partial charge in [0.1, 0.15) is 0 Å². The highest BCUT2D eigenvalue weighted by Gasteiger charge is 2.16. The summed E-state index contributed by atoms with van der Waals surface area (Å²) in [6.45, 7) is 3.18. The monoisotopic (exact) mass is 406 g/mol. The smallest absolute Gasteiger partial charge is 0.251 e. The van der Waals surface area contributed by atoms with E-state index in [4.69, 9.17) is 4.74 Å². The minimum Gasteiger partial charge on any atom is -0.481 e. The number of carbonyl (C=O) groups is 2. The SMILES string of the molecule is COc1ccc(NC(=O)CNC(=O)c2ccc(S(=O)(=O)NC(C)C)cc2)cn1. The highest BCUT2D eigenvalue weighted by molar-refractivity contribution is 7.89. The highest BCUT2D eigenvalue weighted by Crippen LogP contribution is 2.12. The van der Waals surface area contributed by atoms with Crippen molar-refractivity contribution >= 4 is 27.5 Å². The number of amides is 2. The summed E-state index contributed by atoms with van der Waals surface area (Å²) in [6.07, 6.45) is 1.43. The van der Waals surface area contributed by atoms with E-state index in [0.717, 1.165) is 0 Å². The second-order valence-electron chi connectivity index (χ2n) is 6.12. The lowest BCUT2D eigenvalue weighted by molar-refractivity contribution is -0.115. The quantitative estimate of drug-likeness (QED) is 0.604. The van der Waals surface area contributed by atoms with Crippen LogP contribution in [-0.4, -0.2) is 44.9 Å². The van der Waals surface area contributed by atoms with E-state index in [0.29, 0.717) is 11.6 Å². The Hall–Kier alpha value is -2.98. The number of ether oxygens (including phenoxy) is 1. The van der Waals surface area contributed by atoms with Crippen molar-refractivity contribution in [1.82, 2.24) is 15.0 Å². The predicted molar refractivity (Wildman–Crippen MR) is 104 cm³/mol. The fourth-order valence-corrected chi connectivity index (χ4v) is 3.46. The first kappa shape index (κ1) is 21.3. The first-order valence-electron chi connectivity index (χ1n) is 8.42. The number of benzene rings is 1. The molecule has 0 aliphatic heterocycles. The first-order valence-corrected chi connectivity index (χ1v) is 9.90. The lowest BCUT2D eigenvalue weighted by Gasteiger charge is -2.10. The zero-order valence-corrected chi connectivity index (χ0v) is 16.5. The van der Waals surface area contributed by atoms with Crippen molar-refractivity contribution in [3.63, 3.8) is 0 Å². The van der Waals surface area contributed by atoms with Crippen LogP contribution in [0.4, 0.5) is 5.69 Å². The van der Waals surface area contributed by atoms with Crippen LogP contribution in [0.2, 0.25) is 0 Å². The Balaban J connectivity index is 1.91. The van der Waals surface area contributed by atoms with Crippen molar-refractivity contribution < 1.29 is 22.7 Å². The molecule has 150 valence electrons. The summed E-state index contributed by atoms with van der Waals surface area (Å²) in [5.41, 5.74) is 0.703. The van der Waals surface area contributed by atoms with Crippen molar-refractivity contribution in [3.8, 4) is 5.88 Å². The molecule has 2 rings (SSSR count). The Morgan fingerprint density at radius 2 is 1.79 bits per heavy atom. The molecule has 10 heteroatoms. The van der Waals surface area contributed by atoms with Crippen LogP contribution in [0.25, 0.3) is 0 Å². The molecule has 0 bridgehead atoms. The van der Waals surface area contributed by atoms with Gasteiger partial charge in [-0.1, -0.05) is 0 Å². The summed E-state index contributed by atoms with van der Waals surface area (Å²) in [5.74, 6) is -0.509. The number of sulfonamides is 1. The molecular weight excluding hydrogens is 384 g/mol. The molecule has 0 aliphatic rings. The zero-order valence-electron chi connectivity index (χ0n) is 15.7. The molecule has 0 fully saturated rings. The van der Waals surface area contributed by atoms with Crippen molar-refractivity contribution in [2.45, 2.75) is 24.8 Å². The van der Waals surface area contributed by atoms with Gasteiger partial charge in [0.2, 0.25) is 21.8 Å². The third-order valence-corrected chi connectivity index (χ3v) is 5.13. The molecule has 2 amide bonds. The molecule has 1 aromatic carbocycles. The molecule has 1 heterocycles. The third kappa shape index (κ3) is 6.03. The van der Waals surface area contributed by atoms with E-state index in [1.807, 2.05) is 0 Å². The van der Waals surface area contributed by atoms with Gasteiger partial charge in [0.25, 0.3) is 5.91 Å². The number of anilines is 1. The Kier molecular flexibility index (Phi) is 7.07. The number of rotatable bonds is 8. The molecule has 2 aromatic rings. The zero-order chi connectivity index (χ0) is 20.7. The van der Waals surface area contributed by atoms with Gasteiger partial charge >= 0.3 is 0 Å². The van der Waals surface area contributed by atoms with Gasteiger partial charge in [0.15, 0.2) is 0 Å². The minimum atomic E-state index is -3.63. The van der Waals surface area contributed by atoms with Crippen molar-refractivity contribution in [3.05, 3.63) is 48.2 Å². The summed E-state index contributed by atoms with van der Waals surface area (Å²) in [6, 6.07) is 8.41.